The lowest BCUT2D eigenvalue weighted by atomic mass is 10.6. The summed E-state index contributed by atoms with van der Waals surface area (Å²) in [6.45, 7) is 0. The van der Waals surface area contributed by atoms with Gasteiger partial charge < -0.3 is 5.32 Å². The highest BCUT2D eigenvalue weighted by molar-refractivity contribution is 6.18. The number of halogens is 4. The molecular formula is C3H3ClF3NO. The largest absolute Gasteiger partial charge is 0.471 e. The second-order valence-electron chi connectivity index (χ2n) is 1.14. The van der Waals surface area contributed by atoms with Gasteiger partial charge in [-0.2, -0.15) is 13.2 Å². The van der Waals surface area contributed by atoms with Crippen molar-refractivity contribution in [3.05, 3.63) is 0 Å². The lowest BCUT2D eigenvalue weighted by Crippen LogP contribution is -2.35. The minimum atomic E-state index is -4.82. The van der Waals surface area contributed by atoms with E-state index in [-0.39, 0.29) is 0 Å². The summed E-state index contributed by atoms with van der Waals surface area (Å²) in [6, 6.07) is -0.529. The van der Waals surface area contributed by atoms with Crippen LogP contribution in [0.15, 0.2) is 0 Å². The van der Waals surface area contributed by atoms with Crippen LogP contribution < -0.4 is 5.32 Å². The predicted molar refractivity (Wildman–Crippen MR) is 24.9 cm³/mol. The van der Waals surface area contributed by atoms with Crippen molar-refractivity contribution in [2.75, 3.05) is 6.00 Å². The summed E-state index contributed by atoms with van der Waals surface area (Å²) in [5.74, 6) is -2.02. The molecule has 0 atom stereocenters. The number of rotatable bonds is 1. The van der Waals surface area contributed by atoms with Crippen molar-refractivity contribution in [1.82, 2.24) is 5.32 Å². The number of alkyl halides is 4. The molecule has 0 aliphatic carbocycles. The van der Waals surface area contributed by atoms with Crippen molar-refractivity contribution in [3.8, 4) is 0 Å². The SMILES string of the molecule is O=C(NCCl)C(F)(F)F. The average molecular weight is 162 g/mol. The summed E-state index contributed by atoms with van der Waals surface area (Å²) in [6.07, 6.45) is -4.82. The first-order valence-corrected chi connectivity index (χ1v) is 2.43. The van der Waals surface area contributed by atoms with E-state index in [1.54, 1.807) is 0 Å². The molecule has 0 saturated carbocycles. The van der Waals surface area contributed by atoms with Crippen LogP contribution >= 0.6 is 11.6 Å². The van der Waals surface area contributed by atoms with Crippen molar-refractivity contribution in [2.24, 2.45) is 0 Å². The lowest BCUT2D eigenvalue weighted by molar-refractivity contribution is -0.173. The van der Waals surface area contributed by atoms with E-state index in [2.05, 4.69) is 0 Å². The number of carbonyl (C=O) groups is 1. The number of amides is 1. The molecule has 0 radical (unpaired) electrons. The van der Waals surface area contributed by atoms with Crippen LogP contribution in [-0.4, -0.2) is 18.1 Å². The molecule has 0 aromatic heterocycles. The first-order valence-electron chi connectivity index (χ1n) is 1.89. The van der Waals surface area contributed by atoms with Gasteiger partial charge in [-0.15, -0.1) is 11.6 Å². The third kappa shape index (κ3) is 3.18. The van der Waals surface area contributed by atoms with Gasteiger partial charge in [0.1, 0.15) is 0 Å². The van der Waals surface area contributed by atoms with Gasteiger partial charge in [0.25, 0.3) is 0 Å². The Morgan fingerprint density at radius 3 is 2.11 bits per heavy atom. The zero-order valence-electron chi connectivity index (χ0n) is 4.13. The Morgan fingerprint density at radius 2 is 2.00 bits per heavy atom. The monoisotopic (exact) mass is 161 g/mol. The first-order chi connectivity index (χ1) is 3.98. The fourth-order valence-electron chi connectivity index (χ4n) is 0.161. The molecule has 0 aliphatic heterocycles. The molecule has 0 aliphatic rings. The number of nitrogens with one attached hydrogen (secondary N) is 1. The Kier molecular flexibility index (Phi) is 2.76. The molecule has 1 amide bonds. The molecule has 0 heterocycles. The van der Waals surface area contributed by atoms with E-state index in [1.165, 1.54) is 5.32 Å². The number of carbonyl (C=O) groups excluding carboxylic acids is 1. The quantitative estimate of drug-likeness (QED) is 0.449. The molecule has 54 valence electrons. The zero-order chi connectivity index (χ0) is 7.49. The normalized spacial score (nSPS) is 11.1. The summed E-state index contributed by atoms with van der Waals surface area (Å²) >= 11 is 4.77. The minimum Gasteiger partial charge on any atom is -0.335 e. The summed E-state index contributed by atoms with van der Waals surface area (Å²) in [7, 11) is 0. The number of hydrogen-bond acceptors (Lipinski definition) is 1. The molecule has 0 spiro atoms. The highest BCUT2D eigenvalue weighted by atomic mass is 35.5. The average Bonchev–Trinajstić information content (AvgIpc) is 1.64. The Hall–Kier alpha value is -0.450. The van der Waals surface area contributed by atoms with Gasteiger partial charge in [0.2, 0.25) is 0 Å². The Labute approximate surface area is 54.0 Å². The third-order valence-electron chi connectivity index (χ3n) is 0.485. The van der Waals surface area contributed by atoms with Crippen LogP contribution in [0.4, 0.5) is 13.2 Å². The van der Waals surface area contributed by atoms with Gasteiger partial charge in [0.15, 0.2) is 0 Å². The van der Waals surface area contributed by atoms with E-state index in [1.807, 2.05) is 0 Å². The second kappa shape index (κ2) is 2.91. The van der Waals surface area contributed by atoms with E-state index in [0.29, 0.717) is 0 Å². The maximum Gasteiger partial charge on any atom is 0.471 e. The third-order valence-corrected chi connectivity index (χ3v) is 0.618. The second-order valence-corrected chi connectivity index (χ2v) is 1.40. The molecule has 6 heteroatoms. The Morgan fingerprint density at radius 1 is 1.56 bits per heavy atom. The van der Waals surface area contributed by atoms with Crippen LogP contribution in [0.25, 0.3) is 0 Å². The standard InChI is InChI=1S/C3H3ClF3NO/c4-1-8-2(9)3(5,6)7/h1H2,(H,8,9). The molecule has 0 bridgehead atoms. The van der Waals surface area contributed by atoms with Gasteiger partial charge in [0, 0.05) is 0 Å². The van der Waals surface area contributed by atoms with Gasteiger partial charge in [0.05, 0.1) is 6.00 Å². The molecule has 0 aromatic carbocycles. The Bertz CT molecular complexity index is 112. The van der Waals surface area contributed by atoms with Crippen molar-refractivity contribution in [1.29, 1.82) is 0 Å². The highest BCUT2D eigenvalue weighted by Gasteiger charge is 2.37. The van der Waals surface area contributed by atoms with Gasteiger partial charge in [-0.05, 0) is 0 Å². The van der Waals surface area contributed by atoms with E-state index in [0.717, 1.165) is 0 Å². The van der Waals surface area contributed by atoms with Gasteiger partial charge in [-0.1, -0.05) is 0 Å². The van der Waals surface area contributed by atoms with Crippen LogP contribution in [0.2, 0.25) is 0 Å². The van der Waals surface area contributed by atoms with E-state index < -0.39 is 18.1 Å². The molecule has 0 aromatic rings. The summed E-state index contributed by atoms with van der Waals surface area (Å²) < 4.78 is 33.5. The molecule has 2 nitrogen and oxygen atoms in total. The fraction of sp³-hybridized carbons (Fsp3) is 0.667. The summed E-state index contributed by atoms with van der Waals surface area (Å²) in [5.41, 5.74) is 0. The molecular weight excluding hydrogens is 158 g/mol. The Balaban J connectivity index is 3.74. The molecule has 0 saturated heterocycles. The molecule has 0 rings (SSSR count). The minimum absolute atomic E-state index is 0.529. The van der Waals surface area contributed by atoms with Crippen LogP contribution in [0.1, 0.15) is 0 Å². The van der Waals surface area contributed by atoms with Gasteiger partial charge in [-0.25, -0.2) is 0 Å². The van der Waals surface area contributed by atoms with Crippen molar-refractivity contribution in [3.63, 3.8) is 0 Å². The summed E-state index contributed by atoms with van der Waals surface area (Å²) in [5, 5.41) is 1.39. The van der Waals surface area contributed by atoms with E-state index in [4.69, 9.17) is 11.6 Å². The van der Waals surface area contributed by atoms with Crippen molar-refractivity contribution < 1.29 is 18.0 Å². The first kappa shape index (κ1) is 8.55. The van der Waals surface area contributed by atoms with Crippen LogP contribution in [-0.2, 0) is 4.79 Å². The topological polar surface area (TPSA) is 29.1 Å². The van der Waals surface area contributed by atoms with Crippen molar-refractivity contribution >= 4 is 17.5 Å². The molecule has 9 heavy (non-hydrogen) atoms. The fourth-order valence-corrected chi connectivity index (χ4v) is 0.282. The van der Waals surface area contributed by atoms with Gasteiger partial charge in [-0.3, -0.25) is 4.79 Å². The van der Waals surface area contributed by atoms with Crippen LogP contribution in [0.3, 0.4) is 0 Å². The summed E-state index contributed by atoms with van der Waals surface area (Å²) in [4.78, 5) is 9.74. The van der Waals surface area contributed by atoms with Gasteiger partial charge >= 0.3 is 12.1 Å². The van der Waals surface area contributed by atoms with Crippen LogP contribution in [0, 0.1) is 0 Å². The smallest absolute Gasteiger partial charge is 0.335 e. The maximum absolute atomic E-state index is 11.2. The predicted octanol–water partition coefficient (Wildman–Crippen LogP) is 0.861. The van der Waals surface area contributed by atoms with E-state index >= 15 is 0 Å². The van der Waals surface area contributed by atoms with Crippen LogP contribution in [0.5, 0.6) is 0 Å². The molecule has 1 N–H and O–H groups in total. The lowest BCUT2D eigenvalue weighted by Gasteiger charge is -2.02. The van der Waals surface area contributed by atoms with E-state index in [9.17, 15) is 18.0 Å². The highest BCUT2D eigenvalue weighted by Crippen LogP contribution is 2.13. The zero-order valence-corrected chi connectivity index (χ0v) is 4.88. The molecule has 0 unspecified atom stereocenters. The maximum atomic E-state index is 11.2. The molecule has 0 fully saturated rings. The van der Waals surface area contributed by atoms with Crippen molar-refractivity contribution in [2.45, 2.75) is 6.18 Å². The number of hydrogen-bond donors (Lipinski definition) is 1.